The molecule has 0 aromatic carbocycles. The van der Waals surface area contributed by atoms with Crippen molar-refractivity contribution in [2.75, 3.05) is 10.5 Å². The maximum atomic E-state index is 12.8. The molecule has 0 bridgehead atoms. The minimum Gasteiger partial charge on any atom is -0.768 e. The first-order valence-corrected chi connectivity index (χ1v) is 3.51. The average Bonchev–Trinajstić information content (AvgIpc) is 2.28. The SMILES string of the molecule is [O-]N([O-])c1nc(Br)n(F)c1N(O)O. The van der Waals surface area contributed by atoms with Gasteiger partial charge in [0, 0.05) is 0 Å². The molecule has 0 aliphatic rings. The first kappa shape index (κ1) is 10.1. The maximum absolute atomic E-state index is 12.8. The van der Waals surface area contributed by atoms with E-state index in [9.17, 15) is 14.9 Å². The number of hydrogen-bond donors (Lipinski definition) is 2. The molecule has 1 aromatic rings. The van der Waals surface area contributed by atoms with Gasteiger partial charge in [-0.2, -0.15) is 0 Å². The lowest BCUT2D eigenvalue weighted by Gasteiger charge is -2.35. The minimum atomic E-state index is -1.09. The number of hydrogen-bond acceptors (Lipinski definition) is 7. The molecule has 0 spiro atoms. The van der Waals surface area contributed by atoms with Crippen LogP contribution < -0.4 is 10.5 Å². The largest absolute Gasteiger partial charge is 0.768 e. The topological polar surface area (TPSA) is 111 Å². The third-order valence-corrected chi connectivity index (χ3v) is 1.60. The van der Waals surface area contributed by atoms with E-state index in [1.807, 2.05) is 0 Å². The van der Waals surface area contributed by atoms with Crippen LogP contribution in [0.1, 0.15) is 0 Å². The summed E-state index contributed by atoms with van der Waals surface area (Å²) in [7, 11) is 0. The van der Waals surface area contributed by atoms with Crippen LogP contribution in [0.5, 0.6) is 0 Å². The van der Waals surface area contributed by atoms with Gasteiger partial charge >= 0.3 is 0 Å². The van der Waals surface area contributed by atoms with E-state index >= 15 is 0 Å². The quantitative estimate of drug-likeness (QED) is 0.752. The molecular formula is C3H2BrFN4O4-2. The molecule has 0 aliphatic heterocycles. The van der Waals surface area contributed by atoms with Gasteiger partial charge in [-0.15, -0.1) is 10.0 Å². The van der Waals surface area contributed by atoms with Crippen LogP contribution in [0.25, 0.3) is 0 Å². The Morgan fingerprint density at radius 3 is 2.31 bits per heavy atom. The standard InChI is InChI=1S/C3H2BrFN4O4/c4-3-6-1(8(10)11)2(7(3)5)9(12)13/h12-13H/q-2. The zero-order valence-electron chi connectivity index (χ0n) is 5.76. The van der Waals surface area contributed by atoms with Gasteiger partial charge in [-0.3, -0.25) is 10.4 Å². The molecule has 0 radical (unpaired) electrons. The molecule has 0 fully saturated rings. The van der Waals surface area contributed by atoms with Crippen molar-refractivity contribution in [2.45, 2.75) is 0 Å². The number of aromatic nitrogens is 2. The summed E-state index contributed by atoms with van der Waals surface area (Å²) in [5.74, 6) is -2.10. The van der Waals surface area contributed by atoms with Crippen LogP contribution in [0.3, 0.4) is 0 Å². The van der Waals surface area contributed by atoms with Crippen LogP contribution in [0.2, 0.25) is 0 Å². The Bertz CT molecular complexity index is 315. The summed E-state index contributed by atoms with van der Waals surface area (Å²) in [6.45, 7) is 0. The lowest BCUT2D eigenvalue weighted by molar-refractivity contribution is 0.0212. The maximum Gasteiger partial charge on any atom is 0.236 e. The predicted octanol–water partition coefficient (Wildman–Crippen LogP) is 0.765. The highest BCUT2D eigenvalue weighted by atomic mass is 79.9. The highest BCUT2D eigenvalue weighted by Gasteiger charge is 2.18. The predicted molar refractivity (Wildman–Crippen MR) is 41.7 cm³/mol. The van der Waals surface area contributed by atoms with Gasteiger partial charge in [0.15, 0.2) is 5.82 Å². The molecule has 74 valence electrons. The zero-order chi connectivity index (χ0) is 10.2. The Kier molecular flexibility index (Phi) is 2.68. The molecule has 0 saturated carbocycles. The van der Waals surface area contributed by atoms with Crippen molar-refractivity contribution in [1.82, 2.24) is 9.77 Å². The van der Waals surface area contributed by atoms with Crippen LogP contribution in [0.15, 0.2) is 4.73 Å². The first-order valence-electron chi connectivity index (χ1n) is 2.71. The second-order valence-corrected chi connectivity index (χ2v) is 2.56. The summed E-state index contributed by atoms with van der Waals surface area (Å²) in [6.07, 6.45) is 0. The molecule has 10 heteroatoms. The van der Waals surface area contributed by atoms with E-state index in [0.29, 0.717) is 0 Å². The van der Waals surface area contributed by atoms with Crippen LogP contribution in [-0.4, -0.2) is 20.2 Å². The number of halogens is 2. The third kappa shape index (κ3) is 1.71. The van der Waals surface area contributed by atoms with Crippen molar-refractivity contribution in [2.24, 2.45) is 0 Å². The summed E-state index contributed by atoms with van der Waals surface area (Å²) >= 11 is 2.53. The molecule has 0 saturated heterocycles. The number of rotatable bonds is 2. The highest BCUT2D eigenvalue weighted by molar-refractivity contribution is 9.10. The zero-order valence-corrected chi connectivity index (χ0v) is 7.34. The smallest absolute Gasteiger partial charge is 0.236 e. The summed E-state index contributed by atoms with van der Waals surface area (Å²) in [5, 5.41) is 35.4. The highest BCUT2D eigenvalue weighted by Crippen LogP contribution is 2.30. The number of nitrogens with zero attached hydrogens (tertiary/aromatic N) is 4. The molecule has 0 unspecified atom stereocenters. The molecule has 8 nitrogen and oxygen atoms in total. The Balaban J connectivity index is 3.27. The van der Waals surface area contributed by atoms with Crippen molar-refractivity contribution in [3.05, 3.63) is 15.1 Å². The van der Waals surface area contributed by atoms with Gasteiger partial charge in [-0.25, -0.2) is 4.98 Å². The fourth-order valence-corrected chi connectivity index (χ4v) is 0.983. The van der Waals surface area contributed by atoms with Crippen LogP contribution >= 0.6 is 15.9 Å². The van der Waals surface area contributed by atoms with Gasteiger partial charge in [0.1, 0.15) is 0 Å². The molecule has 13 heavy (non-hydrogen) atoms. The van der Waals surface area contributed by atoms with E-state index in [-0.39, 0.29) is 0 Å². The van der Waals surface area contributed by atoms with Crippen molar-refractivity contribution in [3.8, 4) is 0 Å². The Hall–Kier alpha value is -0.940. The monoisotopic (exact) mass is 256 g/mol. The van der Waals surface area contributed by atoms with Crippen LogP contribution in [-0.2, 0) is 0 Å². The summed E-state index contributed by atoms with van der Waals surface area (Å²) < 4.78 is 12.2. The van der Waals surface area contributed by atoms with Crippen LogP contribution in [0.4, 0.5) is 16.1 Å². The third-order valence-electron chi connectivity index (χ3n) is 1.11. The van der Waals surface area contributed by atoms with E-state index < -0.39 is 31.6 Å². The summed E-state index contributed by atoms with van der Waals surface area (Å²) in [6, 6.07) is 0. The molecule has 0 atom stereocenters. The lowest BCUT2D eigenvalue weighted by atomic mass is 10.7. The van der Waals surface area contributed by atoms with E-state index in [2.05, 4.69) is 20.9 Å². The fourth-order valence-electron chi connectivity index (χ4n) is 0.647. The second-order valence-electron chi connectivity index (χ2n) is 1.86. The van der Waals surface area contributed by atoms with Gasteiger partial charge in [-0.05, 0) is 15.9 Å². The average molecular weight is 257 g/mol. The molecule has 2 N–H and O–H groups in total. The van der Waals surface area contributed by atoms with E-state index in [4.69, 9.17) is 10.4 Å². The van der Waals surface area contributed by atoms with E-state index in [1.165, 1.54) is 0 Å². The van der Waals surface area contributed by atoms with Gasteiger partial charge < -0.3 is 15.6 Å². The molecule has 0 amide bonds. The van der Waals surface area contributed by atoms with Crippen molar-refractivity contribution < 1.29 is 14.9 Å². The van der Waals surface area contributed by atoms with E-state index in [1.54, 1.807) is 0 Å². The normalized spacial score (nSPS) is 10.3. The first-order chi connectivity index (χ1) is 5.95. The Morgan fingerprint density at radius 2 is 2.00 bits per heavy atom. The van der Waals surface area contributed by atoms with Crippen molar-refractivity contribution >= 4 is 27.6 Å². The van der Waals surface area contributed by atoms with Gasteiger partial charge in [0.2, 0.25) is 10.6 Å². The van der Waals surface area contributed by atoms with Gasteiger partial charge in [-0.1, -0.05) is 4.48 Å². The Labute approximate surface area is 78.6 Å². The van der Waals surface area contributed by atoms with Crippen LogP contribution in [0, 0.1) is 10.4 Å². The fraction of sp³-hybridized carbons (Fsp3) is 0. The van der Waals surface area contributed by atoms with Crippen molar-refractivity contribution in [3.63, 3.8) is 0 Å². The minimum absolute atomic E-state index is 0.391. The van der Waals surface area contributed by atoms with E-state index in [0.717, 1.165) is 0 Å². The molecule has 1 rings (SSSR count). The molecule has 1 aromatic heterocycles. The number of anilines is 2. The lowest BCUT2D eigenvalue weighted by Crippen LogP contribution is -2.17. The Morgan fingerprint density at radius 1 is 1.46 bits per heavy atom. The van der Waals surface area contributed by atoms with Crippen molar-refractivity contribution in [1.29, 1.82) is 0 Å². The number of imidazole rings is 1. The second kappa shape index (κ2) is 3.43. The van der Waals surface area contributed by atoms with Gasteiger partial charge in [0.25, 0.3) is 0 Å². The summed E-state index contributed by atoms with van der Waals surface area (Å²) in [5.41, 5.74) is 0. The molecular weight excluding hydrogens is 255 g/mol. The molecule has 0 aliphatic carbocycles. The summed E-state index contributed by atoms with van der Waals surface area (Å²) in [4.78, 5) is 2.68. The molecule has 1 heterocycles. The van der Waals surface area contributed by atoms with Gasteiger partial charge in [0.05, 0.1) is 0 Å².